The van der Waals surface area contributed by atoms with Crippen molar-refractivity contribution in [1.82, 2.24) is 9.80 Å². The third-order valence-corrected chi connectivity index (χ3v) is 3.78. The summed E-state index contributed by atoms with van der Waals surface area (Å²) in [5, 5.41) is 0. The van der Waals surface area contributed by atoms with Crippen LogP contribution >= 0.6 is 24.0 Å². The quantitative estimate of drug-likeness (QED) is 0.720. The zero-order valence-electron chi connectivity index (χ0n) is 12.6. The molecule has 0 amide bonds. The summed E-state index contributed by atoms with van der Waals surface area (Å²) < 4.78 is 18.1. The molecule has 0 bridgehead atoms. The van der Waals surface area contributed by atoms with Gasteiger partial charge in [0.15, 0.2) is 5.96 Å². The Hall–Kier alpha value is -1.57. The van der Waals surface area contributed by atoms with Gasteiger partial charge in [-0.05, 0) is 23.8 Å². The number of nitrogens with zero attached hydrogens (tertiary/aromatic N) is 3. The Morgan fingerprint density at radius 3 is 2.68 bits per heavy atom. The van der Waals surface area contributed by atoms with Crippen molar-refractivity contribution in [2.75, 3.05) is 20.6 Å². The molecule has 4 nitrogen and oxygen atoms in total. The van der Waals surface area contributed by atoms with Gasteiger partial charge >= 0.3 is 0 Å². The van der Waals surface area contributed by atoms with Gasteiger partial charge in [0.1, 0.15) is 5.82 Å². The van der Waals surface area contributed by atoms with Crippen LogP contribution in [0.4, 0.5) is 4.39 Å². The van der Waals surface area contributed by atoms with E-state index >= 15 is 0 Å². The Bertz CT molecular complexity index is 627. The van der Waals surface area contributed by atoms with Gasteiger partial charge in [0, 0.05) is 26.2 Å². The minimum absolute atomic E-state index is 0. The number of furan rings is 1. The monoisotopic (exact) mass is 415 g/mol. The maximum Gasteiger partial charge on any atom is 0.197 e. The molecule has 22 heavy (non-hydrogen) atoms. The SMILES string of the molecule is CN(Cc1ccoc1)C1=NCC(c2ccc(F)cc2)N1C.I. The molecule has 2 heterocycles. The molecule has 0 aliphatic carbocycles. The third kappa shape index (κ3) is 3.43. The number of aliphatic imine (C=N–C) groups is 1. The average molecular weight is 415 g/mol. The summed E-state index contributed by atoms with van der Waals surface area (Å²) >= 11 is 0. The van der Waals surface area contributed by atoms with Crippen molar-refractivity contribution in [3.05, 3.63) is 59.8 Å². The first kappa shape index (κ1) is 16.8. The average Bonchev–Trinajstić information content (AvgIpc) is 3.09. The van der Waals surface area contributed by atoms with Crippen LogP contribution in [0.5, 0.6) is 0 Å². The summed E-state index contributed by atoms with van der Waals surface area (Å²) in [6, 6.07) is 8.75. The molecule has 0 spiro atoms. The van der Waals surface area contributed by atoms with Gasteiger partial charge in [-0.15, -0.1) is 24.0 Å². The van der Waals surface area contributed by atoms with E-state index in [4.69, 9.17) is 4.42 Å². The van der Waals surface area contributed by atoms with Crippen LogP contribution < -0.4 is 0 Å². The lowest BCUT2D eigenvalue weighted by molar-refractivity contribution is 0.352. The standard InChI is InChI=1S/C16H18FN3O.HI/c1-19(10-12-7-8-21-11-12)16-18-9-15(20(16)2)13-3-5-14(17)6-4-13;/h3-8,11,15H,9-10H2,1-2H3;1H. The number of likely N-dealkylation sites (N-methyl/N-ethyl adjacent to an activating group) is 1. The predicted octanol–water partition coefficient (Wildman–Crippen LogP) is 3.51. The largest absolute Gasteiger partial charge is 0.472 e. The molecule has 0 fully saturated rings. The Morgan fingerprint density at radius 2 is 2.05 bits per heavy atom. The van der Waals surface area contributed by atoms with Crippen LogP contribution in [0.15, 0.2) is 52.3 Å². The molecule has 1 unspecified atom stereocenters. The fourth-order valence-electron chi connectivity index (χ4n) is 2.67. The molecule has 1 atom stereocenters. The Balaban J connectivity index is 0.00000176. The molecule has 118 valence electrons. The number of hydrogen-bond donors (Lipinski definition) is 0. The lowest BCUT2D eigenvalue weighted by Gasteiger charge is -2.29. The summed E-state index contributed by atoms with van der Waals surface area (Å²) in [6.45, 7) is 1.43. The van der Waals surface area contributed by atoms with E-state index in [1.165, 1.54) is 12.1 Å². The van der Waals surface area contributed by atoms with Crippen molar-refractivity contribution in [2.24, 2.45) is 4.99 Å². The van der Waals surface area contributed by atoms with Crippen molar-refractivity contribution in [3.63, 3.8) is 0 Å². The van der Waals surface area contributed by atoms with E-state index < -0.39 is 0 Å². The molecule has 1 aliphatic rings. The Labute approximate surface area is 146 Å². The normalized spacial score (nSPS) is 17.1. The fourth-order valence-corrected chi connectivity index (χ4v) is 2.67. The molecule has 0 radical (unpaired) electrons. The second-order valence-corrected chi connectivity index (χ2v) is 5.31. The van der Waals surface area contributed by atoms with Gasteiger partial charge in [0.2, 0.25) is 0 Å². The van der Waals surface area contributed by atoms with Crippen molar-refractivity contribution in [3.8, 4) is 0 Å². The van der Waals surface area contributed by atoms with Crippen LogP contribution in [0.1, 0.15) is 17.2 Å². The Kier molecular flexibility index (Phi) is 5.44. The molecule has 0 saturated carbocycles. The molecule has 0 N–H and O–H groups in total. The number of benzene rings is 1. The highest BCUT2D eigenvalue weighted by atomic mass is 127. The first-order valence-electron chi connectivity index (χ1n) is 6.90. The highest BCUT2D eigenvalue weighted by Crippen LogP contribution is 2.26. The van der Waals surface area contributed by atoms with Gasteiger partial charge in [-0.2, -0.15) is 0 Å². The molecule has 6 heteroatoms. The zero-order valence-corrected chi connectivity index (χ0v) is 14.9. The lowest BCUT2D eigenvalue weighted by Crippen LogP contribution is -2.38. The van der Waals surface area contributed by atoms with Gasteiger partial charge in [-0.1, -0.05) is 12.1 Å². The summed E-state index contributed by atoms with van der Waals surface area (Å²) in [7, 11) is 4.03. The zero-order chi connectivity index (χ0) is 14.8. The fraction of sp³-hybridized carbons (Fsp3) is 0.312. The maximum atomic E-state index is 13.0. The smallest absolute Gasteiger partial charge is 0.197 e. The van der Waals surface area contributed by atoms with Crippen LogP contribution in [0, 0.1) is 5.82 Å². The minimum Gasteiger partial charge on any atom is -0.472 e. The van der Waals surface area contributed by atoms with E-state index in [9.17, 15) is 4.39 Å². The molecule has 3 rings (SSSR count). The molecular formula is C16H19FIN3O. The minimum atomic E-state index is -0.211. The van der Waals surface area contributed by atoms with E-state index in [-0.39, 0.29) is 35.8 Å². The van der Waals surface area contributed by atoms with Crippen LogP contribution in [-0.4, -0.2) is 36.4 Å². The maximum absolute atomic E-state index is 13.0. The van der Waals surface area contributed by atoms with Crippen molar-refractivity contribution >= 4 is 29.9 Å². The topological polar surface area (TPSA) is 32.0 Å². The molecular weight excluding hydrogens is 396 g/mol. The van der Waals surface area contributed by atoms with Gasteiger partial charge in [-0.25, -0.2) is 4.39 Å². The molecule has 1 aromatic carbocycles. The van der Waals surface area contributed by atoms with E-state index in [0.717, 1.165) is 23.6 Å². The number of hydrogen-bond acceptors (Lipinski definition) is 4. The van der Waals surface area contributed by atoms with E-state index in [1.807, 2.05) is 32.3 Å². The van der Waals surface area contributed by atoms with Crippen LogP contribution in [0.3, 0.4) is 0 Å². The van der Waals surface area contributed by atoms with Crippen molar-refractivity contribution in [1.29, 1.82) is 0 Å². The predicted molar refractivity (Wildman–Crippen MR) is 94.8 cm³/mol. The molecule has 1 aliphatic heterocycles. The third-order valence-electron chi connectivity index (χ3n) is 3.78. The van der Waals surface area contributed by atoms with E-state index in [0.29, 0.717) is 6.54 Å². The second-order valence-electron chi connectivity index (χ2n) is 5.31. The molecule has 1 aromatic heterocycles. The van der Waals surface area contributed by atoms with Crippen molar-refractivity contribution in [2.45, 2.75) is 12.6 Å². The van der Waals surface area contributed by atoms with Crippen molar-refractivity contribution < 1.29 is 8.81 Å². The van der Waals surface area contributed by atoms with E-state index in [1.54, 1.807) is 12.5 Å². The van der Waals surface area contributed by atoms with Gasteiger partial charge < -0.3 is 14.2 Å². The highest BCUT2D eigenvalue weighted by Gasteiger charge is 2.28. The number of halogens is 2. The first-order chi connectivity index (χ1) is 10.1. The van der Waals surface area contributed by atoms with Crippen LogP contribution in [0.25, 0.3) is 0 Å². The summed E-state index contributed by atoms with van der Waals surface area (Å²) in [4.78, 5) is 8.85. The number of rotatable bonds is 3. The van der Waals surface area contributed by atoms with Crippen LogP contribution in [0.2, 0.25) is 0 Å². The lowest BCUT2D eigenvalue weighted by atomic mass is 10.1. The van der Waals surface area contributed by atoms with Gasteiger partial charge in [0.25, 0.3) is 0 Å². The molecule has 0 saturated heterocycles. The molecule has 2 aromatic rings. The van der Waals surface area contributed by atoms with Gasteiger partial charge in [0.05, 0.1) is 25.1 Å². The highest BCUT2D eigenvalue weighted by molar-refractivity contribution is 14.0. The van der Waals surface area contributed by atoms with E-state index in [2.05, 4.69) is 14.8 Å². The summed E-state index contributed by atoms with van der Waals surface area (Å²) in [5.41, 5.74) is 2.19. The summed E-state index contributed by atoms with van der Waals surface area (Å²) in [5.74, 6) is 0.725. The Morgan fingerprint density at radius 1 is 1.32 bits per heavy atom. The number of guanidine groups is 1. The summed E-state index contributed by atoms with van der Waals surface area (Å²) in [6.07, 6.45) is 3.41. The van der Waals surface area contributed by atoms with Gasteiger partial charge in [-0.3, -0.25) is 4.99 Å². The second kappa shape index (κ2) is 7.13. The first-order valence-corrected chi connectivity index (χ1v) is 6.90. The van der Waals surface area contributed by atoms with Crippen LogP contribution in [-0.2, 0) is 6.54 Å².